The van der Waals surface area contributed by atoms with Crippen LogP contribution in [0.15, 0.2) is 48.8 Å². The number of rotatable bonds is 5. The maximum atomic E-state index is 11.9. The first kappa shape index (κ1) is 17.4. The Morgan fingerprint density at radius 2 is 2.00 bits per heavy atom. The molecule has 0 fully saturated rings. The number of hydrogen-bond acceptors (Lipinski definition) is 7. The standard InChI is InChI=1S/C19H16N6O3/c1-11-9-15(24-23-11)12-5-3-7-14(18(12)25(26)27)22-19-13-6-4-8-16(28-2)17(13)20-10-21-19/h3-10H,1-2H3,(H,23,24)(H,20,21,22). The highest BCUT2D eigenvalue weighted by Gasteiger charge is 2.23. The van der Waals surface area contributed by atoms with Gasteiger partial charge in [0, 0.05) is 11.1 Å². The third kappa shape index (κ3) is 2.98. The Balaban J connectivity index is 1.85. The van der Waals surface area contributed by atoms with E-state index in [0.717, 1.165) is 5.69 Å². The van der Waals surface area contributed by atoms with Crippen LogP contribution in [0.1, 0.15) is 5.69 Å². The van der Waals surface area contributed by atoms with Crippen LogP contribution in [-0.2, 0) is 0 Å². The molecule has 0 radical (unpaired) electrons. The summed E-state index contributed by atoms with van der Waals surface area (Å²) >= 11 is 0. The quantitative estimate of drug-likeness (QED) is 0.399. The van der Waals surface area contributed by atoms with E-state index < -0.39 is 4.92 Å². The van der Waals surface area contributed by atoms with Gasteiger partial charge in [-0.25, -0.2) is 9.97 Å². The number of methoxy groups -OCH3 is 1. The highest BCUT2D eigenvalue weighted by atomic mass is 16.6. The van der Waals surface area contributed by atoms with Crippen LogP contribution >= 0.6 is 0 Å². The smallest absolute Gasteiger partial charge is 0.302 e. The summed E-state index contributed by atoms with van der Waals surface area (Å²) in [5.41, 5.74) is 2.58. The minimum absolute atomic E-state index is 0.0799. The van der Waals surface area contributed by atoms with Crippen molar-refractivity contribution in [2.24, 2.45) is 0 Å². The minimum atomic E-state index is -0.425. The highest BCUT2D eigenvalue weighted by Crippen LogP contribution is 2.38. The second kappa shape index (κ2) is 6.95. The fourth-order valence-corrected chi connectivity index (χ4v) is 3.06. The molecule has 0 amide bonds. The third-order valence-electron chi connectivity index (χ3n) is 4.30. The molecule has 28 heavy (non-hydrogen) atoms. The van der Waals surface area contributed by atoms with Gasteiger partial charge in [-0.2, -0.15) is 5.10 Å². The van der Waals surface area contributed by atoms with Gasteiger partial charge in [-0.1, -0.05) is 12.1 Å². The number of aromatic amines is 1. The summed E-state index contributed by atoms with van der Waals surface area (Å²) < 4.78 is 5.34. The predicted octanol–water partition coefficient (Wildman–Crippen LogP) is 3.99. The Bertz CT molecular complexity index is 1190. The number of para-hydroxylation sites is 2. The zero-order valence-electron chi connectivity index (χ0n) is 15.1. The molecule has 2 aromatic carbocycles. The minimum Gasteiger partial charge on any atom is -0.494 e. The van der Waals surface area contributed by atoms with Crippen LogP contribution in [0.3, 0.4) is 0 Å². The van der Waals surface area contributed by atoms with Gasteiger partial charge in [-0.05, 0) is 37.3 Å². The lowest BCUT2D eigenvalue weighted by Crippen LogP contribution is -2.02. The average molecular weight is 376 g/mol. The van der Waals surface area contributed by atoms with Gasteiger partial charge in [0.15, 0.2) is 0 Å². The molecular formula is C19H16N6O3. The van der Waals surface area contributed by atoms with Crippen molar-refractivity contribution in [3.63, 3.8) is 0 Å². The molecule has 9 nitrogen and oxygen atoms in total. The zero-order valence-corrected chi connectivity index (χ0v) is 15.1. The van der Waals surface area contributed by atoms with Crippen molar-refractivity contribution in [1.82, 2.24) is 20.2 Å². The molecule has 0 saturated carbocycles. The molecule has 2 heterocycles. The molecule has 2 N–H and O–H groups in total. The second-order valence-electron chi connectivity index (χ2n) is 6.10. The monoisotopic (exact) mass is 376 g/mol. The summed E-state index contributed by atoms with van der Waals surface area (Å²) in [5.74, 6) is 1.04. The molecule has 0 aliphatic rings. The van der Waals surface area contributed by atoms with Crippen molar-refractivity contribution in [2.45, 2.75) is 6.92 Å². The number of ether oxygens (including phenoxy) is 1. The number of fused-ring (bicyclic) bond motifs is 1. The summed E-state index contributed by atoms with van der Waals surface area (Å²) in [6.45, 7) is 1.84. The number of H-pyrrole nitrogens is 1. The van der Waals surface area contributed by atoms with Crippen molar-refractivity contribution >= 4 is 28.1 Å². The number of nitro benzene ring substituents is 1. The summed E-state index contributed by atoms with van der Waals surface area (Å²) in [6.07, 6.45) is 1.39. The number of benzene rings is 2. The molecule has 4 rings (SSSR count). The Kier molecular flexibility index (Phi) is 4.32. The first-order valence-electron chi connectivity index (χ1n) is 8.43. The van der Waals surface area contributed by atoms with Gasteiger partial charge in [0.05, 0.1) is 23.3 Å². The normalized spacial score (nSPS) is 10.8. The number of nitro groups is 1. The van der Waals surface area contributed by atoms with Crippen molar-refractivity contribution in [2.75, 3.05) is 12.4 Å². The van der Waals surface area contributed by atoms with Crippen LogP contribution in [0.4, 0.5) is 17.2 Å². The van der Waals surface area contributed by atoms with Crippen LogP contribution in [0.2, 0.25) is 0 Å². The largest absolute Gasteiger partial charge is 0.494 e. The van der Waals surface area contributed by atoms with Crippen LogP contribution in [0, 0.1) is 17.0 Å². The molecule has 0 atom stereocenters. The van der Waals surface area contributed by atoms with Gasteiger partial charge in [-0.3, -0.25) is 15.2 Å². The summed E-state index contributed by atoms with van der Waals surface area (Å²) in [5, 5.41) is 22.6. The Morgan fingerprint density at radius 3 is 2.71 bits per heavy atom. The lowest BCUT2D eigenvalue weighted by Gasteiger charge is -2.11. The maximum Gasteiger partial charge on any atom is 0.302 e. The molecule has 0 aliphatic heterocycles. The molecule has 0 bridgehead atoms. The fourth-order valence-electron chi connectivity index (χ4n) is 3.06. The topological polar surface area (TPSA) is 119 Å². The number of aryl methyl sites for hydroxylation is 1. The summed E-state index contributed by atoms with van der Waals surface area (Å²) in [7, 11) is 1.56. The van der Waals surface area contributed by atoms with E-state index in [1.165, 1.54) is 6.33 Å². The van der Waals surface area contributed by atoms with Crippen LogP contribution in [0.25, 0.3) is 22.2 Å². The number of nitrogens with zero attached hydrogens (tertiary/aromatic N) is 4. The summed E-state index contributed by atoms with van der Waals surface area (Å²) in [4.78, 5) is 19.9. The van der Waals surface area contributed by atoms with Gasteiger partial charge in [0.1, 0.15) is 29.1 Å². The van der Waals surface area contributed by atoms with Crippen LogP contribution < -0.4 is 10.1 Å². The lowest BCUT2D eigenvalue weighted by molar-refractivity contribution is -0.383. The zero-order chi connectivity index (χ0) is 19.7. The fraction of sp³-hybridized carbons (Fsp3) is 0.105. The highest BCUT2D eigenvalue weighted by molar-refractivity contribution is 5.95. The molecule has 4 aromatic rings. The molecule has 0 saturated heterocycles. The van der Waals surface area contributed by atoms with Gasteiger partial charge < -0.3 is 10.1 Å². The SMILES string of the molecule is COc1cccc2c(Nc3cccc(-c4cc(C)[nH]n4)c3[N+](=O)[O-])ncnc12. The van der Waals surface area contributed by atoms with Gasteiger partial charge >= 0.3 is 5.69 Å². The van der Waals surface area contributed by atoms with E-state index in [0.29, 0.717) is 39.4 Å². The van der Waals surface area contributed by atoms with E-state index in [2.05, 4.69) is 25.5 Å². The lowest BCUT2D eigenvalue weighted by atomic mass is 10.1. The average Bonchev–Trinajstić information content (AvgIpc) is 3.13. The predicted molar refractivity (Wildman–Crippen MR) is 105 cm³/mol. The number of anilines is 2. The van der Waals surface area contributed by atoms with E-state index in [4.69, 9.17) is 4.74 Å². The van der Waals surface area contributed by atoms with Crippen molar-refractivity contribution in [3.05, 3.63) is 64.6 Å². The van der Waals surface area contributed by atoms with Crippen LogP contribution in [-0.4, -0.2) is 32.2 Å². The Hall–Kier alpha value is -4.01. The third-order valence-corrected chi connectivity index (χ3v) is 4.30. The molecule has 0 unspecified atom stereocenters. The van der Waals surface area contributed by atoms with E-state index >= 15 is 0 Å². The molecule has 140 valence electrons. The molecule has 0 aliphatic carbocycles. The number of aromatic nitrogens is 4. The Morgan fingerprint density at radius 1 is 1.18 bits per heavy atom. The number of hydrogen-bond donors (Lipinski definition) is 2. The first-order chi connectivity index (χ1) is 13.6. The second-order valence-corrected chi connectivity index (χ2v) is 6.10. The van der Waals surface area contributed by atoms with Crippen LogP contribution in [0.5, 0.6) is 5.75 Å². The van der Waals surface area contributed by atoms with Gasteiger partial charge in [0.25, 0.3) is 0 Å². The van der Waals surface area contributed by atoms with E-state index in [-0.39, 0.29) is 5.69 Å². The maximum absolute atomic E-state index is 11.9. The molecular weight excluding hydrogens is 360 g/mol. The van der Waals surface area contributed by atoms with Crippen molar-refractivity contribution < 1.29 is 9.66 Å². The number of nitrogens with one attached hydrogen (secondary N) is 2. The van der Waals surface area contributed by atoms with Gasteiger partial charge in [-0.15, -0.1) is 0 Å². The first-order valence-corrected chi connectivity index (χ1v) is 8.43. The molecule has 9 heteroatoms. The Labute approximate surface area is 159 Å². The van der Waals surface area contributed by atoms with E-state index in [1.807, 2.05) is 19.1 Å². The van der Waals surface area contributed by atoms with Gasteiger partial charge in [0.2, 0.25) is 0 Å². The molecule has 2 aromatic heterocycles. The van der Waals surface area contributed by atoms with Crippen molar-refractivity contribution in [3.8, 4) is 17.0 Å². The van der Waals surface area contributed by atoms with Crippen molar-refractivity contribution in [1.29, 1.82) is 0 Å². The molecule has 0 spiro atoms. The van der Waals surface area contributed by atoms with E-state index in [9.17, 15) is 10.1 Å². The van der Waals surface area contributed by atoms with E-state index in [1.54, 1.807) is 37.4 Å². The summed E-state index contributed by atoms with van der Waals surface area (Å²) in [6, 6.07) is 12.2.